The number of hydrogen-bond acceptors (Lipinski definition) is 6. The third-order valence-electron chi connectivity index (χ3n) is 4.67. The Morgan fingerprint density at radius 2 is 2.12 bits per heavy atom. The third-order valence-corrected chi connectivity index (χ3v) is 4.67. The highest BCUT2D eigenvalue weighted by molar-refractivity contribution is 5.87. The third kappa shape index (κ3) is 3.79. The summed E-state index contributed by atoms with van der Waals surface area (Å²) >= 11 is 0. The SMILES string of the molecule is O=C(Cn1cnnn1)NC1CCC(Oc2cccc3cnccc23)CC1. The van der Waals surface area contributed by atoms with E-state index in [9.17, 15) is 4.79 Å². The number of nitrogens with zero attached hydrogens (tertiary/aromatic N) is 5. The lowest BCUT2D eigenvalue weighted by atomic mass is 9.93. The molecule has 26 heavy (non-hydrogen) atoms. The van der Waals surface area contributed by atoms with E-state index < -0.39 is 0 Å². The van der Waals surface area contributed by atoms with Crippen molar-refractivity contribution >= 4 is 16.7 Å². The molecule has 4 rings (SSSR count). The molecule has 134 valence electrons. The minimum Gasteiger partial charge on any atom is -0.490 e. The van der Waals surface area contributed by atoms with Crippen LogP contribution in [0.5, 0.6) is 5.75 Å². The number of ether oxygens (including phenoxy) is 1. The van der Waals surface area contributed by atoms with Crippen molar-refractivity contribution in [2.45, 2.75) is 44.4 Å². The predicted molar refractivity (Wildman–Crippen MR) is 94.4 cm³/mol. The fourth-order valence-corrected chi connectivity index (χ4v) is 3.37. The smallest absolute Gasteiger partial charge is 0.242 e. The van der Waals surface area contributed by atoms with E-state index >= 15 is 0 Å². The molecule has 1 aromatic carbocycles. The summed E-state index contributed by atoms with van der Waals surface area (Å²) in [6, 6.07) is 8.18. The quantitative estimate of drug-likeness (QED) is 0.751. The summed E-state index contributed by atoms with van der Waals surface area (Å²) in [7, 11) is 0. The number of fused-ring (bicyclic) bond motifs is 1. The highest BCUT2D eigenvalue weighted by Gasteiger charge is 2.24. The maximum absolute atomic E-state index is 12.0. The van der Waals surface area contributed by atoms with Crippen molar-refractivity contribution in [1.82, 2.24) is 30.5 Å². The van der Waals surface area contributed by atoms with E-state index in [1.165, 1.54) is 11.0 Å². The lowest BCUT2D eigenvalue weighted by molar-refractivity contribution is -0.122. The Morgan fingerprint density at radius 1 is 1.23 bits per heavy atom. The van der Waals surface area contributed by atoms with Crippen LogP contribution in [0.4, 0.5) is 0 Å². The monoisotopic (exact) mass is 352 g/mol. The first kappa shape index (κ1) is 16.4. The molecule has 0 spiro atoms. The van der Waals surface area contributed by atoms with Gasteiger partial charge in [-0.2, -0.15) is 0 Å². The Kier molecular flexibility index (Phi) is 4.72. The van der Waals surface area contributed by atoms with Crippen molar-refractivity contribution in [2.24, 2.45) is 0 Å². The first-order valence-electron chi connectivity index (χ1n) is 8.77. The number of benzene rings is 1. The lowest BCUT2D eigenvalue weighted by Gasteiger charge is -2.29. The molecule has 0 atom stereocenters. The summed E-state index contributed by atoms with van der Waals surface area (Å²) in [5, 5.41) is 16.0. The van der Waals surface area contributed by atoms with Crippen LogP contribution in [0.3, 0.4) is 0 Å². The molecular weight excluding hydrogens is 332 g/mol. The molecule has 0 saturated heterocycles. The molecule has 1 amide bonds. The lowest BCUT2D eigenvalue weighted by Crippen LogP contribution is -2.41. The second kappa shape index (κ2) is 7.47. The number of nitrogens with one attached hydrogen (secondary N) is 1. The van der Waals surface area contributed by atoms with Gasteiger partial charge < -0.3 is 10.1 Å². The molecule has 1 fully saturated rings. The van der Waals surface area contributed by atoms with Gasteiger partial charge in [0.05, 0.1) is 6.10 Å². The molecule has 3 aromatic rings. The van der Waals surface area contributed by atoms with Crippen LogP contribution in [0.2, 0.25) is 0 Å². The van der Waals surface area contributed by atoms with E-state index in [1.807, 2.05) is 30.5 Å². The zero-order valence-electron chi connectivity index (χ0n) is 14.3. The van der Waals surface area contributed by atoms with E-state index in [1.54, 1.807) is 6.20 Å². The largest absolute Gasteiger partial charge is 0.490 e. The molecule has 8 nitrogen and oxygen atoms in total. The van der Waals surface area contributed by atoms with Gasteiger partial charge >= 0.3 is 0 Å². The van der Waals surface area contributed by atoms with Crippen LogP contribution in [-0.2, 0) is 11.3 Å². The van der Waals surface area contributed by atoms with Crippen LogP contribution in [0.1, 0.15) is 25.7 Å². The van der Waals surface area contributed by atoms with Gasteiger partial charge in [0.2, 0.25) is 5.91 Å². The maximum atomic E-state index is 12.0. The molecule has 1 aliphatic rings. The van der Waals surface area contributed by atoms with E-state index in [0.717, 1.165) is 42.2 Å². The number of rotatable bonds is 5. The minimum atomic E-state index is -0.0665. The second-order valence-corrected chi connectivity index (χ2v) is 6.52. The molecule has 2 heterocycles. The Morgan fingerprint density at radius 3 is 2.92 bits per heavy atom. The van der Waals surface area contributed by atoms with E-state index in [2.05, 4.69) is 25.8 Å². The number of carbonyl (C=O) groups is 1. The van der Waals surface area contributed by atoms with Crippen LogP contribution in [0, 0.1) is 0 Å². The standard InChI is InChI=1S/C18H20N6O2/c25-18(11-24-12-20-22-23-24)21-14-4-6-15(7-5-14)26-17-3-1-2-13-10-19-9-8-16(13)17/h1-3,8-10,12,14-15H,4-7,11H2,(H,21,25). The summed E-state index contributed by atoms with van der Waals surface area (Å²) in [5.74, 6) is 0.833. The summed E-state index contributed by atoms with van der Waals surface area (Å²) < 4.78 is 7.65. The Hall–Kier alpha value is -3.03. The minimum absolute atomic E-state index is 0.0665. The number of pyridine rings is 1. The van der Waals surface area contributed by atoms with Crippen LogP contribution >= 0.6 is 0 Å². The average Bonchev–Trinajstić information content (AvgIpc) is 3.16. The van der Waals surface area contributed by atoms with Crippen LogP contribution in [0.25, 0.3) is 10.8 Å². The zero-order chi connectivity index (χ0) is 17.8. The molecule has 8 heteroatoms. The summed E-state index contributed by atoms with van der Waals surface area (Å²) in [6.07, 6.45) is 8.86. The number of amides is 1. The van der Waals surface area contributed by atoms with Gasteiger partial charge in [-0.15, -0.1) is 5.10 Å². The fraction of sp³-hybridized carbons (Fsp3) is 0.389. The molecule has 1 saturated carbocycles. The number of aromatic nitrogens is 5. The number of tetrazole rings is 1. The highest BCUT2D eigenvalue weighted by Crippen LogP contribution is 2.29. The van der Waals surface area contributed by atoms with E-state index in [0.29, 0.717) is 0 Å². The molecular formula is C18H20N6O2. The van der Waals surface area contributed by atoms with Gasteiger partial charge in [0.25, 0.3) is 0 Å². The Labute approximate surface area is 150 Å². The van der Waals surface area contributed by atoms with Gasteiger partial charge in [0, 0.05) is 29.2 Å². The molecule has 0 radical (unpaired) electrons. The van der Waals surface area contributed by atoms with Crippen molar-refractivity contribution in [2.75, 3.05) is 0 Å². The summed E-state index contributed by atoms with van der Waals surface area (Å²) in [5.41, 5.74) is 0. The second-order valence-electron chi connectivity index (χ2n) is 6.52. The van der Waals surface area contributed by atoms with Gasteiger partial charge in [-0.05, 0) is 48.2 Å². The van der Waals surface area contributed by atoms with Gasteiger partial charge in [0.15, 0.2) is 0 Å². The van der Waals surface area contributed by atoms with Crippen LogP contribution in [-0.4, -0.2) is 43.2 Å². The zero-order valence-corrected chi connectivity index (χ0v) is 14.3. The van der Waals surface area contributed by atoms with Gasteiger partial charge in [-0.1, -0.05) is 12.1 Å². The molecule has 0 bridgehead atoms. The van der Waals surface area contributed by atoms with Crippen molar-refractivity contribution in [3.8, 4) is 5.75 Å². The van der Waals surface area contributed by atoms with Crippen LogP contribution in [0.15, 0.2) is 43.0 Å². The van der Waals surface area contributed by atoms with Gasteiger partial charge in [-0.3, -0.25) is 9.78 Å². The van der Waals surface area contributed by atoms with Crippen molar-refractivity contribution in [3.63, 3.8) is 0 Å². The maximum Gasteiger partial charge on any atom is 0.242 e. The van der Waals surface area contributed by atoms with Crippen LogP contribution < -0.4 is 10.1 Å². The predicted octanol–water partition coefficient (Wildman–Crippen LogP) is 1.73. The summed E-state index contributed by atoms with van der Waals surface area (Å²) in [4.78, 5) is 16.2. The Balaban J connectivity index is 1.30. The Bertz CT molecular complexity index is 869. The molecule has 1 N–H and O–H groups in total. The molecule has 1 aliphatic carbocycles. The number of carbonyl (C=O) groups excluding carboxylic acids is 1. The first-order valence-corrected chi connectivity index (χ1v) is 8.77. The van der Waals surface area contributed by atoms with Crippen molar-refractivity contribution in [3.05, 3.63) is 43.0 Å². The van der Waals surface area contributed by atoms with Gasteiger partial charge in [-0.25, -0.2) is 4.68 Å². The first-order chi connectivity index (χ1) is 12.8. The van der Waals surface area contributed by atoms with E-state index in [-0.39, 0.29) is 24.6 Å². The molecule has 0 unspecified atom stereocenters. The van der Waals surface area contributed by atoms with Crippen molar-refractivity contribution in [1.29, 1.82) is 0 Å². The highest BCUT2D eigenvalue weighted by atomic mass is 16.5. The molecule has 2 aromatic heterocycles. The fourth-order valence-electron chi connectivity index (χ4n) is 3.37. The number of hydrogen-bond donors (Lipinski definition) is 1. The normalized spacial score (nSPS) is 20.0. The van der Waals surface area contributed by atoms with Gasteiger partial charge in [0.1, 0.15) is 18.6 Å². The molecule has 0 aliphatic heterocycles. The average molecular weight is 352 g/mol. The topological polar surface area (TPSA) is 94.8 Å². The van der Waals surface area contributed by atoms with Crippen molar-refractivity contribution < 1.29 is 9.53 Å². The summed E-state index contributed by atoms with van der Waals surface area (Å²) in [6.45, 7) is 0.146. The van der Waals surface area contributed by atoms with E-state index in [4.69, 9.17) is 4.74 Å².